The van der Waals surface area contributed by atoms with E-state index in [2.05, 4.69) is 20.5 Å². The maximum absolute atomic E-state index is 13.3. The number of hydrogen-bond donors (Lipinski definition) is 2. The van der Waals surface area contributed by atoms with Crippen molar-refractivity contribution < 1.29 is 22.8 Å². The summed E-state index contributed by atoms with van der Waals surface area (Å²) in [4.78, 5) is 29.6. The SMILES string of the molecule is O=C(Nc1cc(F)c(F)c(F)c1)[C@H]1CCN(C(=O)c2ccc(-c3cccnn3)[nH]2)C1. The minimum atomic E-state index is -1.60. The number of hydrogen-bond acceptors (Lipinski definition) is 4. The van der Waals surface area contributed by atoms with Crippen LogP contribution in [0, 0.1) is 23.4 Å². The molecule has 0 bridgehead atoms. The van der Waals surface area contributed by atoms with Crippen LogP contribution in [0.3, 0.4) is 0 Å². The van der Waals surface area contributed by atoms with Crippen LogP contribution < -0.4 is 5.32 Å². The zero-order valence-corrected chi connectivity index (χ0v) is 15.5. The molecule has 1 saturated heterocycles. The van der Waals surface area contributed by atoms with Gasteiger partial charge >= 0.3 is 0 Å². The fourth-order valence-corrected chi connectivity index (χ4v) is 3.32. The number of anilines is 1. The van der Waals surface area contributed by atoms with Gasteiger partial charge in [0.2, 0.25) is 5.91 Å². The van der Waals surface area contributed by atoms with Crippen LogP contribution in [0.5, 0.6) is 0 Å². The molecule has 154 valence electrons. The first-order valence-electron chi connectivity index (χ1n) is 9.14. The Morgan fingerprint density at radius 3 is 2.60 bits per heavy atom. The molecular weight excluding hydrogens is 399 g/mol. The van der Waals surface area contributed by atoms with E-state index in [-0.39, 0.29) is 18.1 Å². The van der Waals surface area contributed by atoms with Gasteiger partial charge in [0.15, 0.2) is 17.5 Å². The summed E-state index contributed by atoms with van der Waals surface area (Å²) in [6.07, 6.45) is 1.93. The molecule has 3 aromatic rings. The molecule has 30 heavy (non-hydrogen) atoms. The van der Waals surface area contributed by atoms with Gasteiger partial charge in [-0.25, -0.2) is 13.2 Å². The summed E-state index contributed by atoms with van der Waals surface area (Å²) in [5.74, 6) is -5.71. The minimum absolute atomic E-state index is 0.149. The molecule has 0 radical (unpaired) electrons. The van der Waals surface area contributed by atoms with Gasteiger partial charge in [-0.2, -0.15) is 5.10 Å². The number of carbonyl (C=O) groups is 2. The molecule has 3 heterocycles. The van der Waals surface area contributed by atoms with E-state index in [1.165, 1.54) is 4.90 Å². The van der Waals surface area contributed by atoms with Crippen LogP contribution in [0.15, 0.2) is 42.6 Å². The fourth-order valence-electron chi connectivity index (χ4n) is 3.32. The molecule has 7 nitrogen and oxygen atoms in total. The van der Waals surface area contributed by atoms with E-state index >= 15 is 0 Å². The molecule has 1 aliphatic rings. The van der Waals surface area contributed by atoms with Crippen molar-refractivity contribution in [3.05, 3.63) is 65.7 Å². The topological polar surface area (TPSA) is 91.0 Å². The third-order valence-electron chi connectivity index (χ3n) is 4.86. The van der Waals surface area contributed by atoms with Crippen molar-refractivity contribution in [2.75, 3.05) is 18.4 Å². The first-order chi connectivity index (χ1) is 14.4. The summed E-state index contributed by atoms with van der Waals surface area (Å²) < 4.78 is 39.7. The standard InChI is InChI=1S/C20H16F3N5O2/c21-13-8-12(9-14(22)18(13)23)25-19(29)11-5-7-28(10-11)20(30)17-4-3-15(26-17)16-2-1-6-24-27-16/h1-4,6,8-9,11,26H,5,7,10H2,(H,25,29)/t11-/m0/s1. The quantitative estimate of drug-likeness (QED) is 0.641. The van der Waals surface area contributed by atoms with Gasteiger partial charge in [-0.3, -0.25) is 9.59 Å². The molecule has 2 amide bonds. The van der Waals surface area contributed by atoms with Crippen LogP contribution >= 0.6 is 0 Å². The van der Waals surface area contributed by atoms with E-state index in [0.717, 1.165) is 0 Å². The molecule has 0 saturated carbocycles. The van der Waals surface area contributed by atoms with E-state index in [9.17, 15) is 22.8 Å². The van der Waals surface area contributed by atoms with Gasteiger partial charge in [-0.15, -0.1) is 5.10 Å². The van der Waals surface area contributed by atoms with Crippen LogP contribution in [-0.4, -0.2) is 45.0 Å². The Hall–Kier alpha value is -3.69. The summed E-state index contributed by atoms with van der Waals surface area (Å²) in [5, 5.41) is 10.1. The van der Waals surface area contributed by atoms with E-state index in [4.69, 9.17) is 0 Å². The highest BCUT2D eigenvalue weighted by Gasteiger charge is 2.32. The Morgan fingerprint density at radius 1 is 1.13 bits per heavy atom. The van der Waals surface area contributed by atoms with E-state index in [1.807, 2.05) is 0 Å². The van der Waals surface area contributed by atoms with Crippen LogP contribution in [0.2, 0.25) is 0 Å². The number of H-pyrrole nitrogens is 1. The van der Waals surface area contributed by atoms with Gasteiger partial charge in [0.25, 0.3) is 5.91 Å². The number of aromatic amines is 1. The minimum Gasteiger partial charge on any atom is -0.349 e. The number of aromatic nitrogens is 3. The Labute approximate surface area is 168 Å². The van der Waals surface area contributed by atoms with Gasteiger partial charge in [0.05, 0.1) is 11.6 Å². The lowest BCUT2D eigenvalue weighted by Crippen LogP contribution is -2.31. The van der Waals surface area contributed by atoms with Gasteiger partial charge < -0.3 is 15.2 Å². The largest absolute Gasteiger partial charge is 0.349 e. The van der Waals surface area contributed by atoms with Gasteiger partial charge in [-0.05, 0) is 30.7 Å². The third kappa shape index (κ3) is 3.88. The second-order valence-corrected chi connectivity index (χ2v) is 6.87. The lowest BCUT2D eigenvalue weighted by molar-refractivity contribution is -0.119. The smallest absolute Gasteiger partial charge is 0.270 e. The van der Waals surface area contributed by atoms with E-state index < -0.39 is 29.3 Å². The van der Waals surface area contributed by atoms with Crippen molar-refractivity contribution in [2.45, 2.75) is 6.42 Å². The lowest BCUT2D eigenvalue weighted by Gasteiger charge is -2.16. The van der Waals surface area contributed by atoms with Crippen molar-refractivity contribution in [1.82, 2.24) is 20.1 Å². The van der Waals surface area contributed by atoms with Crippen LogP contribution in [0.4, 0.5) is 18.9 Å². The Morgan fingerprint density at radius 2 is 1.90 bits per heavy atom. The van der Waals surface area contributed by atoms with Crippen molar-refractivity contribution in [3.63, 3.8) is 0 Å². The molecule has 1 fully saturated rings. The number of halogens is 3. The maximum Gasteiger partial charge on any atom is 0.270 e. The normalized spacial score (nSPS) is 16.0. The first kappa shape index (κ1) is 19.6. The molecule has 2 N–H and O–H groups in total. The number of nitrogens with zero attached hydrogens (tertiary/aromatic N) is 3. The summed E-state index contributed by atoms with van der Waals surface area (Å²) in [5.41, 5.74) is 1.40. The fraction of sp³-hybridized carbons (Fsp3) is 0.200. The average molecular weight is 415 g/mol. The summed E-state index contributed by atoms with van der Waals surface area (Å²) in [6, 6.07) is 8.25. The summed E-state index contributed by atoms with van der Waals surface area (Å²) in [7, 11) is 0. The van der Waals surface area contributed by atoms with E-state index in [1.54, 1.807) is 30.5 Å². The molecule has 1 atom stereocenters. The molecule has 0 unspecified atom stereocenters. The number of nitrogens with one attached hydrogen (secondary N) is 2. The Balaban J connectivity index is 1.40. The van der Waals surface area contributed by atoms with E-state index in [0.29, 0.717) is 42.2 Å². The molecule has 0 aliphatic carbocycles. The predicted molar refractivity (Wildman–Crippen MR) is 101 cm³/mol. The van der Waals surface area contributed by atoms with Gasteiger partial charge in [0, 0.05) is 37.1 Å². The molecule has 4 rings (SSSR count). The number of rotatable bonds is 4. The van der Waals surface area contributed by atoms with Crippen LogP contribution in [0.25, 0.3) is 11.4 Å². The van der Waals surface area contributed by atoms with Crippen LogP contribution in [-0.2, 0) is 4.79 Å². The van der Waals surface area contributed by atoms with Crippen molar-refractivity contribution >= 4 is 17.5 Å². The van der Waals surface area contributed by atoms with Gasteiger partial charge in [-0.1, -0.05) is 0 Å². The van der Waals surface area contributed by atoms with Crippen molar-refractivity contribution in [2.24, 2.45) is 5.92 Å². The van der Waals surface area contributed by atoms with Crippen molar-refractivity contribution in [3.8, 4) is 11.4 Å². The molecule has 2 aromatic heterocycles. The zero-order chi connectivity index (χ0) is 21.3. The summed E-state index contributed by atoms with van der Waals surface area (Å²) in [6.45, 7) is 0.499. The molecule has 1 aromatic carbocycles. The molecule has 0 spiro atoms. The maximum atomic E-state index is 13.3. The van der Waals surface area contributed by atoms with Gasteiger partial charge in [0.1, 0.15) is 11.4 Å². The third-order valence-corrected chi connectivity index (χ3v) is 4.86. The Bertz CT molecular complexity index is 1080. The zero-order valence-electron chi connectivity index (χ0n) is 15.5. The number of benzene rings is 1. The lowest BCUT2D eigenvalue weighted by atomic mass is 10.1. The number of likely N-dealkylation sites (tertiary alicyclic amines) is 1. The van der Waals surface area contributed by atoms with Crippen molar-refractivity contribution in [1.29, 1.82) is 0 Å². The highest BCUT2D eigenvalue weighted by molar-refractivity contribution is 5.96. The highest BCUT2D eigenvalue weighted by atomic mass is 19.2. The van der Waals surface area contributed by atoms with Crippen LogP contribution in [0.1, 0.15) is 16.9 Å². The number of carbonyl (C=O) groups excluding carboxylic acids is 2. The Kier molecular flexibility index (Phi) is 5.21. The second kappa shape index (κ2) is 7.97. The predicted octanol–water partition coefficient (Wildman–Crippen LogP) is 2.99. The summed E-state index contributed by atoms with van der Waals surface area (Å²) >= 11 is 0. The molecular formula is C20H16F3N5O2. The monoisotopic (exact) mass is 415 g/mol. The molecule has 1 aliphatic heterocycles. The second-order valence-electron chi connectivity index (χ2n) is 6.87. The first-order valence-corrected chi connectivity index (χ1v) is 9.14. The number of amides is 2. The average Bonchev–Trinajstić information content (AvgIpc) is 3.42. The molecule has 10 heteroatoms. The highest BCUT2D eigenvalue weighted by Crippen LogP contribution is 2.23.